The Labute approximate surface area is 96.2 Å². The molecule has 0 heterocycles. The van der Waals surface area contributed by atoms with E-state index >= 15 is 0 Å². The summed E-state index contributed by atoms with van der Waals surface area (Å²) >= 11 is 0.189. The van der Waals surface area contributed by atoms with Crippen molar-refractivity contribution in [3.63, 3.8) is 0 Å². The Kier molecular flexibility index (Phi) is 4.79. The van der Waals surface area contributed by atoms with Crippen LogP contribution in [0.3, 0.4) is 0 Å². The molecule has 1 aromatic rings. The number of nitro groups is 1. The second kappa shape index (κ2) is 5.88. The summed E-state index contributed by atoms with van der Waals surface area (Å²) in [5.41, 5.74) is 0. The van der Waals surface area contributed by atoms with Gasteiger partial charge in [-0.2, -0.15) is 0 Å². The molecule has 0 aliphatic rings. The summed E-state index contributed by atoms with van der Waals surface area (Å²) < 4.78 is 1.23. The topological polar surface area (TPSA) is 43.1 Å². The maximum absolute atomic E-state index is 10.8. The van der Waals surface area contributed by atoms with Gasteiger partial charge in [-0.25, -0.2) is 0 Å². The first-order valence-corrected chi connectivity index (χ1v) is 6.85. The minimum atomic E-state index is -0.398. The van der Waals surface area contributed by atoms with E-state index in [0.29, 0.717) is 6.42 Å². The summed E-state index contributed by atoms with van der Waals surface area (Å²) in [6.45, 7) is 3.86. The fraction of sp³-hybridized carbons (Fsp3) is 0.455. The third-order valence-electron chi connectivity index (χ3n) is 2.30. The van der Waals surface area contributed by atoms with Crippen LogP contribution in [0.1, 0.15) is 20.3 Å². The van der Waals surface area contributed by atoms with Crippen molar-refractivity contribution in [2.75, 3.05) is 0 Å². The third kappa shape index (κ3) is 3.65. The molecule has 0 aromatic heterocycles. The van der Waals surface area contributed by atoms with Crippen molar-refractivity contribution in [1.82, 2.24) is 0 Å². The summed E-state index contributed by atoms with van der Waals surface area (Å²) in [5.74, 6) is 0. The Hall–Kier alpha value is -0.861. The first-order chi connectivity index (χ1) is 7.15. The molecule has 4 heteroatoms. The average Bonchev–Trinajstić information content (AvgIpc) is 2.19. The van der Waals surface area contributed by atoms with Gasteiger partial charge in [0.1, 0.15) is 0 Å². The molecule has 3 nitrogen and oxygen atoms in total. The molecule has 0 radical (unpaired) electrons. The van der Waals surface area contributed by atoms with E-state index < -0.39 is 6.04 Å². The molecule has 82 valence electrons. The normalized spacial score (nSPS) is 14.5. The number of nitrogens with zero attached hydrogens (tertiary/aromatic N) is 1. The van der Waals surface area contributed by atoms with Gasteiger partial charge in [-0.1, -0.05) is 0 Å². The van der Waals surface area contributed by atoms with Gasteiger partial charge < -0.3 is 0 Å². The second-order valence-corrected chi connectivity index (χ2v) is 6.44. The van der Waals surface area contributed by atoms with Crippen LogP contribution in [0.5, 0.6) is 0 Å². The number of hydrogen-bond donors (Lipinski definition) is 0. The summed E-state index contributed by atoms with van der Waals surface area (Å²) in [4.78, 5) is 10.8. The molecular formula is C11H15NO2Se. The van der Waals surface area contributed by atoms with E-state index in [1.807, 2.05) is 44.2 Å². The molecule has 1 rings (SSSR count). The average molecular weight is 272 g/mol. The van der Waals surface area contributed by atoms with E-state index in [1.54, 1.807) is 0 Å². The predicted molar refractivity (Wildman–Crippen MR) is 62.3 cm³/mol. The molecular weight excluding hydrogens is 257 g/mol. The molecule has 15 heavy (non-hydrogen) atoms. The van der Waals surface area contributed by atoms with E-state index in [2.05, 4.69) is 0 Å². The summed E-state index contributed by atoms with van der Waals surface area (Å²) in [7, 11) is 0. The van der Waals surface area contributed by atoms with Crippen molar-refractivity contribution < 1.29 is 4.92 Å². The first-order valence-electron chi connectivity index (χ1n) is 5.00. The third-order valence-corrected chi connectivity index (χ3v) is 4.88. The molecule has 0 saturated carbocycles. The van der Waals surface area contributed by atoms with Gasteiger partial charge in [0.25, 0.3) is 0 Å². The van der Waals surface area contributed by atoms with E-state index in [-0.39, 0.29) is 24.7 Å². The monoisotopic (exact) mass is 273 g/mol. The van der Waals surface area contributed by atoms with E-state index in [4.69, 9.17) is 0 Å². The van der Waals surface area contributed by atoms with Crippen molar-refractivity contribution in [2.24, 2.45) is 0 Å². The quantitative estimate of drug-likeness (QED) is 0.466. The number of hydrogen-bond acceptors (Lipinski definition) is 2. The van der Waals surface area contributed by atoms with Crippen molar-refractivity contribution in [2.45, 2.75) is 31.1 Å². The van der Waals surface area contributed by atoms with Crippen LogP contribution in [0, 0.1) is 10.1 Å². The molecule has 0 amide bonds. The zero-order valence-corrected chi connectivity index (χ0v) is 10.6. The molecule has 0 fully saturated rings. The van der Waals surface area contributed by atoms with Crippen molar-refractivity contribution in [3.8, 4) is 0 Å². The van der Waals surface area contributed by atoms with E-state index in [9.17, 15) is 10.1 Å². The Balaban J connectivity index is 2.62. The summed E-state index contributed by atoms with van der Waals surface area (Å²) in [5, 5.41) is 10.8. The van der Waals surface area contributed by atoms with Crippen LogP contribution < -0.4 is 4.46 Å². The Bertz CT molecular complexity index is 316. The molecule has 0 N–H and O–H groups in total. The molecule has 0 spiro atoms. The van der Waals surface area contributed by atoms with Crippen molar-refractivity contribution in [1.29, 1.82) is 0 Å². The van der Waals surface area contributed by atoms with Crippen LogP contribution >= 0.6 is 0 Å². The Morgan fingerprint density at radius 2 is 2.00 bits per heavy atom. The van der Waals surface area contributed by atoms with Gasteiger partial charge in [-0.05, 0) is 0 Å². The molecule has 0 aliphatic heterocycles. The first kappa shape index (κ1) is 12.2. The van der Waals surface area contributed by atoms with Crippen molar-refractivity contribution in [3.05, 3.63) is 40.4 Å². The van der Waals surface area contributed by atoms with Gasteiger partial charge >= 0.3 is 95.9 Å². The molecule has 1 aromatic carbocycles. The zero-order valence-electron chi connectivity index (χ0n) is 8.92. The fourth-order valence-corrected chi connectivity index (χ4v) is 3.95. The Morgan fingerprint density at radius 1 is 1.40 bits per heavy atom. The standard InChI is InChI=1S/C11H15NO2Se/c1-3-11(12(13)14)9(2)15-10-7-5-4-6-8-10/h4-9,11H,3H2,1-2H3/t9-,11-/m0/s1. The zero-order chi connectivity index (χ0) is 11.3. The van der Waals surface area contributed by atoms with Gasteiger partial charge in [0.2, 0.25) is 0 Å². The second-order valence-electron chi connectivity index (χ2n) is 3.40. The van der Waals surface area contributed by atoms with Crippen LogP contribution in [0.25, 0.3) is 0 Å². The van der Waals surface area contributed by atoms with Crippen LogP contribution in [0.2, 0.25) is 4.82 Å². The van der Waals surface area contributed by atoms with Gasteiger partial charge in [0.05, 0.1) is 0 Å². The number of rotatable bonds is 5. The molecule has 2 atom stereocenters. The van der Waals surface area contributed by atoms with Crippen LogP contribution in [0.15, 0.2) is 30.3 Å². The Morgan fingerprint density at radius 3 is 2.47 bits per heavy atom. The van der Waals surface area contributed by atoms with Crippen molar-refractivity contribution >= 4 is 19.4 Å². The summed E-state index contributed by atoms with van der Waals surface area (Å²) in [6.07, 6.45) is 0.614. The SMILES string of the molecule is CC[C@@H]([C@H](C)[Se]c1ccccc1)[N+](=O)[O-]. The minimum absolute atomic E-state index is 0.143. The van der Waals surface area contributed by atoms with E-state index in [1.165, 1.54) is 4.46 Å². The van der Waals surface area contributed by atoms with Crippen LogP contribution in [-0.2, 0) is 0 Å². The van der Waals surface area contributed by atoms with Crippen LogP contribution in [-0.4, -0.2) is 25.9 Å². The van der Waals surface area contributed by atoms with Crippen LogP contribution in [0.4, 0.5) is 0 Å². The van der Waals surface area contributed by atoms with Gasteiger partial charge in [-0.3, -0.25) is 0 Å². The maximum atomic E-state index is 10.8. The predicted octanol–water partition coefficient (Wildman–Crippen LogP) is 1.88. The van der Waals surface area contributed by atoms with Gasteiger partial charge in [-0.15, -0.1) is 0 Å². The summed E-state index contributed by atoms with van der Waals surface area (Å²) in [6, 6.07) is 9.63. The van der Waals surface area contributed by atoms with E-state index in [0.717, 1.165) is 0 Å². The molecule has 0 unspecified atom stereocenters. The molecule has 0 bridgehead atoms. The van der Waals surface area contributed by atoms with Gasteiger partial charge in [0, 0.05) is 0 Å². The molecule has 0 saturated heterocycles. The van der Waals surface area contributed by atoms with Gasteiger partial charge in [0.15, 0.2) is 0 Å². The molecule has 0 aliphatic carbocycles. The fourth-order valence-electron chi connectivity index (χ4n) is 1.44. The number of benzene rings is 1.